The first kappa shape index (κ1) is 38.5. The van der Waals surface area contributed by atoms with Gasteiger partial charge >= 0.3 is 0 Å². The number of benzene rings is 10. The molecule has 2 nitrogen and oxygen atoms in total. The summed E-state index contributed by atoms with van der Waals surface area (Å²) < 4.78 is 6.48. The van der Waals surface area contributed by atoms with Crippen LogP contribution in [0, 0.1) is 0 Å². The van der Waals surface area contributed by atoms with Crippen LogP contribution >= 0.6 is 0 Å². The molecular formula is C63H45NO. The first-order valence-corrected chi connectivity index (χ1v) is 22.5. The fourth-order valence-corrected chi connectivity index (χ4v) is 10.1. The van der Waals surface area contributed by atoms with Crippen molar-refractivity contribution in [3.63, 3.8) is 0 Å². The maximum Gasteiger partial charge on any atom is 0.143 e. The molecule has 0 bridgehead atoms. The molecule has 10 aromatic carbocycles. The molecule has 0 saturated carbocycles. The van der Waals surface area contributed by atoms with E-state index in [1.807, 2.05) is 12.1 Å². The average molecular weight is 832 g/mol. The van der Waals surface area contributed by atoms with E-state index >= 15 is 0 Å². The number of hydrogen-bond donors (Lipinski definition) is 0. The molecule has 0 N–H and O–H groups in total. The van der Waals surface area contributed by atoms with Gasteiger partial charge in [-0.25, -0.2) is 0 Å². The summed E-state index contributed by atoms with van der Waals surface area (Å²) in [5.74, 6) is 0. The van der Waals surface area contributed by atoms with E-state index < -0.39 is 0 Å². The van der Waals surface area contributed by atoms with E-state index in [4.69, 9.17) is 4.42 Å². The molecule has 1 aromatic heterocycles. The van der Waals surface area contributed by atoms with Crippen molar-refractivity contribution >= 4 is 39.0 Å². The summed E-state index contributed by atoms with van der Waals surface area (Å²) in [5.41, 5.74) is 22.0. The van der Waals surface area contributed by atoms with Crippen LogP contribution in [-0.4, -0.2) is 0 Å². The predicted octanol–water partition coefficient (Wildman–Crippen LogP) is 17.7. The molecule has 308 valence electrons. The molecule has 65 heavy (non-hydrogen) atoms. The number of anilines is 3. The highest BCUT2D eigenvalue weighted by Crippen LogP contribution is 2.52. The van der Waals surface area contributed by atoms with Crippen molar-refractivity contribution in [1.82, 2.24) is 0 Å². The van der Waals surface area contributed by atoms with Gasteiger partial charge in [-0.1, -0.05) is 184 Å². The van der Waals surface area contributed by atoms with Crippen LogP contribution < -0.4 is 4.90 Å². The summed E-state index contributed by atoms with van der Waals surface area (Å²) in [4.78, 5) is 2.40. The van der Waals surface area contributed by atoms with E-state index in [1.165, 1.54) is 61.2 Å². The summed E-state index contributed by atoms with van der Waals surface area (Å²) in [5, 5.41) is 2.27. The third kappa shape index (κ3) is 6.74. The second-order valence-corrected chi connectivity index (χ2v) is 17.7. The molecule has 0 radical (unpaired) electrons. The predicted molar refractivity (Wildman–Crippen MR) is 273 cm³/mol. The third-order valence-electron chi connectivity index (χ3n) is 13.5. The van der Waals surface area contributed by atoms with Gasteiger partial charge in [-0.05, 0) is 139 Å². The number of hydrogen-bond acceptors (Lipinski definition) is 2. The topological polar surface area (TPSA) is 16.4 Å². The van der Waals surface area contributed by atoms with Crippen LogP contribution in [0.15, 0.2) is 241 Å². The van der Waals surface area contributed by atoms with E-state index in [0.29, 0.717) is 0 Å². The number of furan rings is 1. The molecule has 0 amide bonds. The largest absolute Gasteiger partial charge is 0.455 e. The van der Waals surface area contributed by atoms with Gasteiger partial charge in [-0.15, -0.1) is 0 Å². The summed E-state index contributed by atoms with van der Waals surface area (Å²) in [6.07, 6.45) is 0. The van der Waals surface area contributed by atoms with E-state index in [-0.39, 0.29) is 5.41 Å². The van der Waals surface area contributed by atoms with Crippen LogP contribution in [0.2, 0.25) is 0 Å². The average Bonchev–Trinajstić information content (AvgIpc) is 3.86. The zero-order chi connectivity index (χ0) is 43.5. The van der Waals surface area contributed by atoms with Gasteiger partial charge in [0.2, 0.25) is 0 Å². The molecule has 0 aliphatic heterocycles. The summed E-state index contributed by atoms with van der Waals surface area (Å²) in [6.45, 7) is 4.74. The van der Waals surface area contributed by atoms with Crippen LogP contribution in [0.4, 0.5) is 17.1 Å². The van der Waals surface area contributed by atoms with Gasteiger partial charge in [0, 0.05) is 38.8 Å². The standard InChI is InChI=1S/C63H45NO/c1-63(2)59-40-47(42-15-6-3-7-16-42)29-35-55(59)56-36-34-53(41-60(56)63)64(52-32-27-46(28-33-52)54-22-14-23-58-57-21-12-13-24-61(57)65-62(54)58)51-30-25-45(26-31-51)50-38-48(43-17-8-4-9-18-43)37-49(39-50)44-19-10-5-11-20-44/h3-41H,1-2H3. The van der Waals surface area contributed by atoms with Gasteiger partial charge in [0.25, 0.3) is 0 Å². The molecular weight excluding hydrogens is 787 g/mol. The number of para-hydroxylation sites is 2. The Hall–Kier alpha value is -8.20. The molecule has 1 heterocycles. The molecule has 1 aliphatic carbocycles. The summed E-state index contributed by atoms with van der Waals surface area (Å²) >= 11 is 0. The summed E-state index contributed by atoms with van der Waals surface area (Å²) in [7, 11) is 0. The summed E-state index contributed by atoms with van der Waals surface area (Å²) in [6, 6.07) is 85.8. The van der Waals surface area contributed by atoms with Crippen molar-refractivity contribution in [2.45, 2.75) is 19.3 Å². The van der Waals surface area contributed by atoms with Crippen molar-refractivity contribution in [3.8, 4) is 66.8 Å². The van der Waals surface area contributed by atoms with Crippen molar-refractivity contribution in [3.05, 3.63) is 248 Å². The quantitative estimate of drug-likeness (QED) is 0.152. The molecule has 0 fully saturated rings. The maximum atomic E-state index is 6.48. The molecule has 2 heteroatoms. The van der Waals surface area contributed by atoms with E-state index in [0.717, 1.165) is 55.7 Å². The lowest BCUT2D eigenvalue weighted by Crippen LogP contribution is -2.16. The minimum absolute atomic E-state index is 0.198. The lowest BCUT2D eigenvalue weighted by Gasteiger charge is -2.28. The molecule has 0 saturated heterocycles. The second-order valence-electron chi connectivity index (χ2n) is 17.7. The lowest BCUT2D eigenvalue weighted by atomic mass is 9.81. The fraction of sp³-hybridized carbons (Fsp3) is 0.0476. The maximum absolute atomic E-state index is 6.48. The van der Waals surface area contributed by atoms with E-state index in [1.54, 1.807) is 0 Å². The van der Waals surface area contributed by atoms with Gasteiger partial charge in [-0.3, -0.25) is 0 Å². The zero-order valence-corrected chi connectivity index (χ0v) is 36.4. The highest BCUT2D eigenvalue weighted by Gasteiger charge is 2.36. The van der Waals surface area contributed by atoms with Gasteiger partial charge in [0.15, 0.2) is 0 Å². The third-order valence-corrected chi connectivity index (χ3v) is 13.5. The number of fused-ring (bicyclic) bond motifs is 6. The van der Waals surface area contributed by atoms with Gasteiger partial charge in [0.05, 0.1) is 0 Å². The Morgan fingerprint density at radius 3 is 1.35 bits per heavy atom. The number of rotatable bonds is 8. The number of nitrogens with zero attached hydrogens (tertiary/aromatic N) is 1. The Labute approximate surface area is 380 Å². The minimum Gasteiger partial charge on any atom is -0.455 e. The van der Waals surface area contributed by atoms with Crippen molar-refractivity contribution in [2.75, 3.05) is 4.90 Å². The van der Waals surface area contributed by atoms with Crippen molar-refractivity contribution in [2.24, 2.45) is 0 Å². The Morgan fingerprint density at radius 1 is 0.308 bits per heavy atom. The van der Waals surface area contributed by atoms with Crippen LogP contribution in [0.25, 0.3) is 88.7 Å². The Balaban J connectivity index is 0.966. The zero-order valence-electron chi connectivity index (χ0n) is 36.4. The van der Waals surface area contributed by atoms with Crippen LogP contribution in [0.1, 0.15) is 25.0 Å². The molecule has 1 aliphatic rings. The first-order valence-electron chi connectivity index (χ1n) is 22.5. The molecule has 12 rings (SSSR count). The lowest BCUT2D eigenvalue weighted by molar-refractivity contribution is 0.660. The second kappa shape index (κ2) is 15.6. The Morgan fingerprint density at radius 2 is 0.754 bits per heavy atom. The smallest absolute Gasteiger partial charge is 0.143 e. The van der Waals surface area contributed by atoms with Gasteiger partial charge in [0.1, 0.15) is 11.2 Å². The first-order chi connectivity index (χ1) is 32.0. The molecule has 0 atom stereocenters. The van der Waals surface area contributed by atoms with E-state index in [9.17, 15) is 0 Å². The van der Waals surface area contributed by atoms with Crippen LogP contribution in [0.3, 0.4) is 0 Å². The Kier molecular flexibility index (Phi) is 9.21. The van der Waals surface area contributed by atoms with Gasteiger partial charge in [-0.2, -0.15) is 0 Å². The highest BCUT2D eigenvalue weighted by molar-refractivity contribution is 6.09. The molecule has 0 spiro atoms. The normalized spacial score (nSPS) is 12.6. The SMILES string of the molecule is CC1(C)c2cc(-c3ccccc3)ccc2-c2ccc(N(c3ccc(-c4cc(-c5ccccc5)cc(-c5ccccc5)c4)cc3)c3ccc(-c4cccc5c4oc4ccccc45)cc3)cc21. The minimum atomic E-state index is -0.198. The monoisotopic (exact) mass is 831 g/mol. The fourth-order valence-electron chi connectivity index (χ4n) is 10.1. The Bertz CT molecular complexity index is 3470. The van der Waals surface area contributed by atoms with Gasteiger partial charge < -0.3 is 9.32 Å². The van der Waals surface area contributed by atoms with Crippen molar-refractivity contribution in [1.29, 1.82) is 0 Å². The van der Waals surface area contributed by atoms with Crippen LogP contribution in [0.5, 0.6) is 0 Å². The highest BCUT2D eigenvalue weighted by atomic mass is 16.3. The van der Waals surface area contributed by atoms with Crippen LogP contribution in [-0.2, 0) is 5.41 Å². The molecule has 0 unspecified atom stereocenters. The molecule has 11 aromatic rings. The van der Waals surface area contributed by atoms with Crippen molar-refractivity contribution < 1.29 is 4.42 Å². The van der Waals surface area contributed by atoms with E-state index in [2.05, 4.69) is 243 Å².